The molecule has 70 valence electrons. The van der Waals surface area contributed by atoms with Crippen molar-refractivity contribution in [1.82, 2.24) is 9.88 Å². The zero-order chi connectivity index (χ0) is 10.3. The minimum atomic E-state index is 0.351. The van der Waals surface area contributed by atoms with Crippen LogP contribution in [0.4, 0.5) is 5.82 Å². The second-order valence-electron chi connectivity index (χ2n) is 3.67. The zero-order valence-corrected chi connectivity index (χ0v) is 8.41. The van der Waals surface area contributed by atoms with Crippen molar-refractivity contribution >= 4 is 31.2 Å². The smallest absolute Gasteiger partial charge is 0.143 e. The minimum Gasteiger partial charge on any atom is -0.346 e. The van der Waals surface area contributed by atoms with Gasteiger partial charge in [-0.1, -0.05) is 12.0 Å². The molecule has 2 radical (unpaired) electrons. The summed E-state index contributed by atoms with van der Waals surface area (Å²) in [5.74, 6) is 0.890. The maximum Gasteiger partial charge on any atom is 0.143 e. The maximum absolute atomic E-state index is 5.89. The highest BCUT2D eigenvalue weighted by atomic mass is 15.1. The fourth-order valence-corrected chi connectivity index (χ4v) is 1.61. The van der Waals surface area contributed by atoms with E-state index in [-0.39, 0.29) is 0 Å². The van der Waals surface area contributed by atoms with Crippen molar-refractivity contribution in [3.63, 3.8) is 0 Å². The molecule has 0 spiro atoms. The Morgan fingerprint density at radius 2 is 2.29 bits per heavy atom. The third kappa shape index (κ3) is 1.18. The van der Waals surface area contributed by atoms with Crippen molar-refractivity contribution in [3.8, 4) is 0 Å². The summed E-state index contributed by atoms with van der Waals surface area (Å²) in [6.45, 7) is 8.09. The molecule has 0 saturated carbocycles. The summed E-state index contributed by atoms with van der Waals surface area (Å²) in [4.78, 5) is 4.27. The van der Waals surface area contributed by atoms with Gasteiger partial charge in [-0.15, -0.1) is 0 Å². The zero-order valence-electron chi connectivity index (χ0n) is 8.41. The summed E-state index contributed by atoms with van der Waals surface area (Å²) < 4.78 is 2.05. The van der Waals surface area contributed by atoms with Crippen LogP contribution in [-0.2, 0) is 0 Å². The SMILES string of the molecule is [B]c1cn(C(C)C)c2c1C(=C)NC=N2. The van der Waals surface area contributed by atoms with E-state index in [4.69, 9.17) is 7.85 Å². The molecule has 14 heavy (non-hydrogen) atoms. The monoisotopic (exact) mass is 185 g/mol. The summed E-state index contributed by atoms with van der Waals surface area (Å²) in [5, 5.41) is 2.95. The average molecular weight is 185 g/mol. The molecule has 0 saturated heterocycles. The van der Waals surface area contributed by atoms with Crippen LogP contribution in [0.1, 0.15) is 25.5 Å². The first-order valence-electron chi connectivity index (χ1n) is 4.60. The van der Waals surface area contributed by atoms with Crippen LogP contribution in [0.25, 0.3) is 5.70 Å². The van der Waals surface area contributed by atoms with Crippen LogP contribution in [-0.4, -0.2) is 18.8 Å². The third-order valence-electron chi connectivity index (χ3n) is 2.32. The second kappa shape index (κ2) is 3.05. The van der Waals surface area contributed by atoms with Gasteiger partial charge in [-0.25, -0.2) is 4.99 Å². The fourth-order valence-electron chi connectivity index (χ4n) is 1.61. The lowest BCUT2D eigenvalue weighted by Crippen LogP contribution is -2.17. The molecule has 0 aromatic carbocycles. The molecule has 4 heteroatoms. The standard InChI is InChI=1S/C10H12BN3/c1-6(2)14-4-8(11)9-7(3)12-5-13-10(9)14/h4-6H,3H2,1-2H3,(H,12,13). The van der Waals surface area contributed by atoms with Gasteiger partial charge in [-0.2, -0.15) is 0 Å². The van der Waals surface area contributed by atoms with Crippen LogP contribution in [0.2, 0.25) is 0 Å². The number of nitrogens with one attached hydrogen (secondary N) is 1. The van der Waals surface area contributed by atoms with Crippen molar-refractivity contribution in [2.75, 3.05) is 0 Å². The van der Waals surface area contributed by atoms with Gasteiger partial charge in [0.25, 0.3) is 0 Å². The van der Waals surface area contributed by atoms with Crippen molar-refractivity contribution in [2.45, 2.75) is 19.9 Å². The van der Waals surface area contributed by atoms with Crippen molar-refractivity contribution in [3.05, 3.63) is 18.3 Å². The molecule has 2 rings (SSSR count). The van der Waals surface area contributed by atoms with Gasteiger partial charge < -0.3 is 9.88 Å². The molecule has 1 aliphatic heterocycles. The number of hydrogen-bond donors (Lipinski definition) is 1. The Morgan fingerprint density at radius 1 is 1.57 bits per heavy atom. The van der Waals surface area contributed by atoms with Gasteiger partial charge in [0.15, 0.2) is 0 Å². The Balaban J connectivity index is 2.65. The summed E-state index contributed by atoms with van der Waals surface area (Å²) in [7, 11) is 5.89. The van der Waals surface area contributed by atoms with Crippen LogP contribution in [0.15, 0.2) is 17.8 Å². The molecule has 2 heterocycles. The molecular formula is C10H12BN3. The number of fused-ring (bicyclic) bond motifs is 1. The molecule has 0 amide bonds. The van der Waals surface area contributed by atoms with Gasteiger partial charge in [-0.3, -0.25) is 0 Å². The van der Waals surface area contributed by atoms with Crippen molar-refractivity contribution in [2.24, 2.45) is 4.99 Å². The Bertz CT molecular complexity index is 415. The van der Waals surface area contributed by atoms with Gasteiger partial charge in [0, 0.05) is 17.3 Å². The van der Waals surface area contributed by atoms with Crippen LogP contribution in [0.3, 0.4) is 0 Å². The summed E-state index contributed by atoms with van der Waals surface area (Å²) in [6.07, 6.45) is 3.55. The molecule has 0 atom stereocenters. The van der Waals surface area contributed by atoms with Crippen LogP contribution in [0, 0.1) is 0 Å². The lowest BCUT2D eigenvalue weighted by atomic mass is 9.93. The van der Waals surface area contributed by atoms with Gasteiger partial charge in [0.1, 0.15) is 13.7 Å². The predicted molar refractivity (Wildman–Crippen MR) is 60.5 cm³/mol. The van der Waals surface area contributed by atoms with Gasteiger partial charge in [0.05, 0.1) is 6.34 Å². The Hall–Kier alpha value is -1.45. The van der Waals surface area contributed by atoms with E-state index in [9.17, 15) is 0 Å². The number of aliphatic imine (C=N–C) groups is 1. The summed E-state index contributed by atoms with van der Waals surface area (Å²) in [5.41, 5.74) is 2.45. The average Bonchev–Trinajstić information content (AvgIpc) is 2.45. The number of hydrogen-bond acceptors (Lipinski definition) is 2. The molecule has 3 nitrogen and oxygen atoms in total. The first-order chi connectivity index (χ1) is 6.61. The van der Waals surface area contributed by atoms with Crippen LogP contribution in [0.5, 0.6) is 0 Å². The molecule has 0 bridgehead atoms. The van der Waals surface area contributed by atoms with E-state index in [0.717, 1.165) is 22.5 Å². The predicted octanol–water partition coefficient (Wildman–Crippen LogP) is 1.10. The fraction of sp³-hybridized carbons (Fsp3) is 0.300. The number of aromatic nitrogens is 1. The van der Waals surface area contributed by atoms with Gasteiger partial charge >= 0.3 is 0 Å². The third-order valence-corrected chi connectivity index (χ3v) is 2.32. The van der Waals surface area contributed by atoms with E-state index in [1.54, 1.807) is 6.34 Å². The van der Waals surface area contributed by atoms with E-state index >= 15 is 0 Å². The molecule has 1 N–H and O–H groups in total. The van der Waals surface area contributed by atoms with Gasteiger partial charge in [-0.05, 0) is 20.0 Å². The van der Waals surface area contributed by atoms with Crippen molar-refractivity contribution < 1.29 is 0 Å². The Morgan fingerprint density at radius 3 is 2.93 bits per heavy atom. The highest BCUT2D eigenvalue weighted by Crippen LogP contribution is 2.28. The number of rotatable bonds is 1. The van der Waals surface area contributed by atoms with E-state index in [0.29, 0.717) is 6.04 Å². The topological polar surface area (TPSA) is 29.3 Å². The summed E-state index contributed by atoms with van der Waals surface area (Å²) >= 11 is 0. The molecular weight excluding hydrogens is 173 g/mol. The van der Waals surface area contributed by atoms with Crippen LogP contribution < -0.4 is 10.8 Å². The largest absolute Gasteiger partial charge is 0.346 e. The molecule has 0 fully saturated rings. The van der Waals surface area contributed by atoms with E-state index < -0.39 is 0 Å². The Kier molecular flexibility index (Phi) is 1.99. The Labute approximate surface area is 84.9 Å². The molecule has 0 aliphatic carbocycles. The molecule has 1 aromatic heterocycles. The molecule has 0 unspecified atom stereocenters. The van der Waals surface area contributed by atoms with Crippen molar-refractivity contribution in [1.29, 1.82) is 0 Å². The summed E-state index contributed by atoms with van der Waals surface area (Å²) in [6, 6.07) is 0.351. The first kappa shape index (κ1) is 9.12. The second-order valence-corrected chi connectivity index (χ2v) is 3.67. The first-order valence-corrected chi connectivity index (χ1v) is 4.60. The normalized spacial score (nSPS) is 14.4. The number of nitrogens with zero attached hydrogens (tertiary/aromatic N) is 2. The van der Waals surface area contributed by atoms with Gasteiger partial charge in [0.2, 0.25) is 0 Å². The lowest BCUT2D eigenvalue weighted by Gasteiger charge is -2.15. The van der Waals surface area contributed by atoms with E-state index in [1.807, 2.05) is 10.8 Å². The highest BCUT2D eigenvalue weighted by molar-refractivity contribution is 6.35. The van der Waals surface area contributed by atoms with E-state index in [2.05, 4.69) is 30.7 Å². The quantitative estimate of drug-likeness (QED) is 0.652. The maximum atomic E-state index is 5.89. The minimum absolute atomic E-state index is 0.351. The van der Waals surface area contributed by atoms with Crippen LogP contribution >= 0.6 is 0 Å². The highest BCUT2D eigenvalue weighted by Gasteiger charge is 2.18. The molecule has 1 aliphatic rings. The molecule has 1 aromatic rings. The van der Waals surface area contributed by atoms with E-state index in [1.165, 1.54) is 0 Å². The lowest BCUT2D eigenvalue weighted by molar-refractivity contribution is 0.608.